The van der Waals surface area contributed by atoms with Gasteiger partial charge in [0.1, 0.15) is 0 Å². The van der Waals surface area contributed by atoms with Gasteiger partial charge in [-0.05, 0) is 0 Å². The maximum atomic E-state index is 7.77. The van der Waals surface area contributed by atoms with Gasteiger partial charge in [0.05, 0.1) is 0 Å². The molecule has 40 valence electrons. The molecule has 4 nitrogen and oxygen atoms in total. The summed E-state index contributed by atoms with van der Waals surface area (Å²) in [7, 11) is -3.61. The van der Waals surface area contributed by atoms with Crippen LogP contribution in [0.4, 0.5) is 0 Å². The van der Waals surface area contributed by atoms with Gasteiger partial charge in [-0.2, -0.15) is 0 Å². The zero-order chi connectivity index (χ0) is 4.50. The van der Waals surface area contributed by atoms with E-state index in [2.05, 4.69) is 0 Å². The van der Waals surface area contributed by atoms with Crippen LogP contribution in [0, 0.1) is 0 Å². The first kappa shape index (κ1) is 9.41. The Balaban J connectivity index is 0. The largest absolute Gasteiger partial charge is 0.489 e. The summed E-state index contributed by atoms with van der Waals surface area (Å²) in [6.45, 7) is 0.993. The lowest BCUT2D eigenvalue weighted by molar-refractivity contribution is 0.239. The Labute approximate surface area is 36.4 Å². The van der Waals surface area contributed by atoms with E-state index in [1.54, 1.807) is 0 Å². The average molecular weight is 112 g/mol. The molecule has 0 radical (unpaired) electrons. The van der Waals surface area contributed by atoms with Gasteiger partial charge < -0.3 is 19.9 Å². The molecule has 0 spiro atoms. The molecule has 0 saturated heterocycles. The third-order valence-corrected chi connectivity index (χ3v) is 0. The summed E-state index contributed by atoms with van der Waals surface area (Å²) < 4.78 is 0. The van der Waals surface area contributed by atoms with Crippen molar-refractivity contribution in [2.45, 2.75) is 6.55 Å². The van der Waals surface area contributed by atoms with Crippen molar-refractivity contribution in [2.24, 2.45) is 0 Å². The van der Waals surface area contributed by atoms with Crippen LogP contribution >= 0.6 is 0 Å². The summed E-state index contributed by atoms with van der Waals surface area (Å²) in [5.41, 5.74) is 0. The van der Waals surface area contributed by atoms with E-state index in [0.717, 1.165) is 6.55 Å². The van der Waals surface area contributed by atoms with Crippen molar-refractivity contribution >= 4 is 8.80 Å². The molecule has 0 aliphatic rings. The van der Waals surface area contributed by atoms with Gasteiger partial charge in [-0.15, -0.1) is 0 Å². The fraction of sp³-hybridized carbons (Fsp3) is 1.00. The molecule has 0 heterocycles. The standard InChI is InChI=1S/CH6O3Si.H2O/c1-5(2,3)4;/h2-4H,1H3;1H2. The average Bonchev–Trinajstić information content (AvgIpc) is 0.722. The highest BCUT2D eigenvalue weighted by atomic mass is 28.4. The minimum absolute atomic E-state index is 0. The maximum Gasteiger partial charge on any atom is 0.489 e. The quantitative estimate of drug-likeness (QED) is 0.308. The van der Waals surface area contributed by atoms with Crippen LogP contribution in [0.25, 0.3) is 0 Å². The summed E-state index contributed by atoms with van der Waals surface area (Å²) in [6.07, 6.45) is 0. The summed E-state index contributed by atoms with van der Waals surface area (Å²) in [6, 6.07) is 0. The summed E-state index contributed by atoms with van der Waals surface area (Å²) in [5, 5.41) is 0. The molecule has 6 heavy (non-hydrogen) atoms. The molecule has 5 heteroatoms. The molecule has 0 unspecified atom stereocenters. The number of hydrogen-bond acceptors (Lipinski definition) is 3. The second-order valence-electron chi connectivity index (χ2n) is 0.971. The van der Waals surface area contributed by atoms with Crippen molar-refractivity contribution in [2.75, 3.05) is 0 Å². The lowest BCUT2D eigenvalue weighted by atomic mass is 11.9. The van der Waals surface area contributed by atoms with Crippen molar-refractivity contribution in [3.8, 4) is 0 Å². The van der Waals surface area contributed by atoms with Crippen molar-refractivity contribution in [1.29, 1.82) is 0 Å². The third kappa shape index (κ3) is 11700. The highest BCUT2D eigenvalue weighted by molar-refractivity contribution is 6.54. The van der Waals surface area contributed by atoms with Gasteiger partial charge in [0.15, 0.2) is 0 Å². The van der Waals surface area contributed by atoms with Crippen LogP contribution in [0.1, 0.15) is 0 Å². The van der Waals surface area contributed by atoms with Crippen LogP contribution in [-0.4, -0.2) is 28.7 Å². The molecule has 0 aliphatic heterocycles. The SMILES string of the molecule is C[Si](O)(O)O.O. The molecule has 0 aliphatic carbocycles. The lowest BCUT2D eigenvalue weighted by Gasteiger charge is -1.95. The lowest BCUT2D eigenvalue weighted by Crippen LogP contribution is -2.28. The van der Waals surface area contributed by atoms with Gasteiger partial charge in [0.25, 0.3) is 0 Å². The van der Waals surface area contributed by atoms with Crippen LogP contribution in [0.5, 0.6) is 0 Å². The van der Waals surface area contributed by atoms with E-state index in [9.17, 15) is 0 Å². The second kappa shape index (κ2) is 2.27. The maximum absolute atomic E-state index is 7.77. The fourth-order valence-electron chi connectivity index (χ4n) is 0. The topological polar surface area (TPSA) is 92.2 Å². The Bertz CT molecular complexity index is 23.0. The van der Waals surface area contributed by atoms with E-state index in [1.807, 2.05) is 0 Å². The first-order valence-electron chi connectivity index (χ1n) is 1.17. The van der Waals surface area contributed by atoms with E-state index < -0.39 is 8.80 Å². The van der Waals surface area contributed by atoms with Crippen molar-refractivity contribution in [1.82, 2.24) is 0 Å². The van der Waals surface area contributed by atoms with Gasteiger partial charge in [0, 0.05) is 6.55 Å². The predicted octanol–water partition coefficient (Wildman–Crippen LogP) is -2.29. The van der Waals surface area contributed by atoms with E-state index in [-0.39, 0.29) is 5.48 Å². The van der Waals surface area contributed by atoms with Crippen molar-refractivity contribution in [3.63, 3.8) is 0 Å². The van der Waals surface area contributed by atoms with Crippen LogP contribution in [0.15, 0.2) is 0 Å². The van der Waals surface area contributed by atoms with Crippen molar-refractivity contribution in [3.05, 3.63) is 0 Å². The molecule has 0 bridgehead atoms. The molecule has 0 aromatic carbocycles. The van der Waals surface area contributed by atoms with Gasteiger partial charge in [-0.25, -0.2) is 0 Å². The van der Waals surface area contributed by atoms with Gasteiger partial charge >= 0.3 is 8.80 Å². The minimum atomic E-state index is -3.61. The van der Waals surface area contributed by atoms with Gasteiger partial charge in [-0.3, -0.25) is 0 Å². The summed E-state index contributed by atoms with van der Waals surface area (Å²) >= 11 is 0. The highest BCUT2D eigenvalue weighted by Crippen LogP contribution is 1.75. The third-order valence-electron chi connectivity index (χ3n) is 0. The Morgan fingerprint density at radius 3 is 1.17 bits per heavy atom. The fourth-order valence-corrected chi connectivity index (χ4v) is 0. The first-order valence-corrected chi connectivity index (χ1v) is 3.51. The molecule has 0 amide bonds. The monoisotopic (exact) mass is 112 g/mol. The normalized spacial score (nSPS) is 10.0. The predicted molar refractivity (Wildman–Crippen MR) is 21.9 cm³/mol. The smallest absolute Gasteiger partial charge is 0.412 e. The number of hydrogen-bond donors (Lipinski definition) is 3. The summed E-state index contributed by atoms with van der Waals surface area (Å²) in [4.78, 5) is 23.3. The van der Waals surface area contributed by atoms with E-state index >= 15 is 0 Å². The minimum Gasteiger partial charge on any atom is -0.412 e. The Hall–Kier alpha value is 0.0569. The van der Waals surface area contributed by atoms with E-state index in [1.165, 1.54) is 0 Å². The van der Waals surface area contributed by atoms with Crippen LogP contribution in [0.3, 0.4) is 0 Å². The van der Waals surface area contributed by atoms with Gasteiger partial charge in [0.2, 0.25) is 0 Å². The molecular weight excluding hydrogens is 104 g/mol. The van der Waals surface area contributed by atoms with E-state index in [4.69, 9.17) is 14.4 Å². The van der Waals surface area contributed by atoms with Gasteiger partial charge in [-0.1, -0.05) is 0 Å². The Kier molecular flexibility index (Phi) is 3.56. The van der Waals surface area contributed by atoms with Crippen LogP contribution < -0.4 is 0 Å². The number of rotatable bonds is 0. The molecule has 0 saturated carbocycles. The zero-order valence-corrected chi connectivity index (χ0v) is 4.34. The molecular formula is CH8O4Si. The zero-order valence-electron chi connectivity index (χ0n) is 3.34. The Morgan fingerprint density at radius 2 is 1.17 bits per heavy atom. The van der Waals surface area contributed by atoms with Crippen LogP contribution in [0.2, 0.25) is 6.55 Å². The highest BCUT2D eigenvalue weighted by Gasteiger charge is 2.14. The summed E-state index contributed by atoms with van der Waals surface area (Å²) in [5.74, 6) is 0. The molecule has 5 N–H and O–H groups in total. The second-order valence-corrected chi connectivity index (χ2v) is 2.91. The van der Waals surface area contributed by atoms with Crippen LogP contribution in [-0.2, 0) is 0 Å². The van der Waals surface area contributed by atoms with Crippen molar-refractivity contribution < 1.29 is 19.9 Å². The first-order chi connectivity index (χ1) is 2.00. The molecule has 0 fully saturated rings. The molecule has 0 aromatic heterocycles. The molecule has 0 aromatic rings. The Morgan fingerprint density at radius 1 is 1.17 bits per heavy atom. The van der Waals surface area contributed by atoms with E-state index in [0.29, 0.717) is 0 Å². The molecule has 0 atom stereocenters. The molecule has 0 rings (SSSR count).